The predicted molar refractivity (Wildman–Crippen MR) is 77.2 cm³/mol. The van der Waals surface area contributed by atoms with Crippen LogP contribution in [0.1, 0.15) is 30.6 Å². The molecule has 112 valence electrons. The van der Waals surface area contributed by atoms with Crippen molar-refractivity contribution in [2.45, 2.75) is 25.9 Å². The summed E-state index contributed by atoms with van der Waals surface area (Å²) in [5.41, 5.74) is 1.89. The Hall–Kier alpha value is -1.94. The highest BCUT2D eigenvalue weighted by molar-refractivity contribution is 5.26. The summed E-state index contributed by atoms with van der Waals surface area (Å²) in [4.78, 5) is 0. The third-order valence-electron chi connectivity index (χ3n) is 3.19. The molecule has 0 saturated heterocycles. The lowest BCUT2D eigenvalue weighted by Crippen LogP contribution is -2.10. The first-order valence-electron chi connectivity index (χ1n) is 6.95. The molecule has 0 aromatic heterocycles. The molecule has 1 N–H and O–H groups in total. The third-order valence-corrected chi connectivity index (χ3v) is 3.19. The fourth-order valence-corrected chi connectivity index (χ4v) is 2.05. The van der Waals surface area contributed by atoms with Crippen molar-refractivity contribution in [3.8, 4) is 5.75 Å². The van der Waals surface area contributed by atoms with Gasteiger partial charge in [0.05, 0.1) is 0 Å². The summed E-state index contributed by atoms with van der Waals surface area (Å²) in [6.45, 7) is 1.97. The van der Waals surface area contributed by atoms with Gasteiger partial charge in [-0.1, -0.05) is 37.6 Å². The van der Waals surface area contributed by atoms with Crippen molar-refractivity contribution in [3.63, 3.8) is 0 Å². The highest BCUT2D eigenvalue weighted by atomic mass is 19.1. The average Bonchev–Trinajstić information content (AvgIpc) is 2.49. The van der Waals surface area contributed by atoms with Gasteiger partial charge in [0, 0.05) is 6.07 Å². The largest absolute Gasteiger partial charge is 0.487 e. The van der Waals surface area contributed by atoms with Crippen LogP contribution in [-0.4, -0.2) is 11.7 Å². The molecule has 0 aliphatic rings. The molecule has 0 amide bonds. The van der Waals surface area contributed by atoms with Crippen LogP contribution in [0.3, 0.4) is 0 Å². The quantitative estimate of drug-likeness (QED) is 0.871. The number of ether oxygens (including phenoxy) is 1. The van der Waals surface area contributed by atoms with Crippen LogP contribution in [0.25, 0.3) is 0 Å². The predicted octanol–water partition coefficient (Wildman–Crippen LogP) is 4.03. The maximum atomic E-state index is 13.4. The first kappa shape index (κ1) is 15.4. The maximum Gasteiger partial charge on any atom is 0.165 e. The lowest BCUT2D eigenvalue weighted by molar-refractivity contribution is 0.105. The molecule has 0 heterocycles. The zero-order valence-electron chi connectivity index (χ0n) is 11.9. The number of hydrogen-bond donors (Lipinski definition) is 1. The smallest absolute Gasteiger partial charge is 0.165 e. The van der Waals surface area contributed by atoms with E-state index in [4.69, 9.17) is 4.74 Å². The van der Waals surface area contributed by atoms with E-state index in [0.717, 1.165) is 31.0 Å². The van der Waals surface area contributed by atoms with E-state index in [2.05, 4.69) is 6.92 Å². The van der Waals surface area contributed by atoms with E-state index in [1.165, 1.54) is 5.56 Å². The molecule has 0 spiro atoms. The molecule has 4 heteroatoms. The van der Waals surface area contributed by atoms with E-state index in [9.17, 15) is 13.9 Å². The first-order chi connectivity index (χ1) is 10.1. The van der Waals surface area contributed by atoms with Gasteiger partial charge in [-0.3, -0.25) is 0 Å². The highest BCUT2D eigenvalue weighted by Gasteiger charge is 2.11. The molecule has 1 atom stereocenters. The van der Waals surface area contributed by atoms with Gasteiger partial charge in [0.15, 0.2) is 11.6 Å². The van der Waals surface area contributed by atoms with Gasteiger partial charge >= 0.3 is 0 Å². The van der Waals surface area contributed by atoms with Crippen LogP contribution in [0.4, 0.5) is 8.78 Å². The number of halogens is 2. The van der Waals surface area contributed by atoms with Gasteiger partial charge in [0.1, 0.15) is 18.5 Å². The van der Waals surface area contributed by atoms with Crippen LogP contribution in [0.2, 0.25) is 0 Å². The van der Waals surface area contributed by atoms with Gasteiger partial charge in [-0.05, 0) is 29.7 Å². The fraction of sp³-hybridized carbons (Fsp3) is 0.294. The molecule has 0 radical (unpaired) electrons. The van der Waals surface area contributed by atoms with E-state index < -0.39 is 17.7 Å². The monoisotopic (exact) mass is 292 g/mol. The van der Waals surface area contributed by atoms with Crippen LogP contribution in [0.5, 0.6) is 5.75 Å². The Labute approximate surface area is 123 Å². The van der Waals surface area contributed by atoms with E-state index in [1.807, 2.05) is 24.3 Å². The average molecular weight is 292 g/mol. The molecule has 2 nitrogen and oxygen atoms in total. The summed E-state index contributed by atoms with van der Waals surface area (Å²) in [5, 5.41) is 10.0. The number of hydrogen-bond acceptors (Lipinski definition) is 2. The van der Waals surface area contributed by atoms with E-state index in [1.54, 1.807) is 0 Å². The molecule has 2 rings (SSSR count). The van der Waals surface area contributed by atoms with Gasteiger partial charge in [0.25, 0.3) is 0 Å². The van der Waals surface area contributed by atoms with E-state index in [-0.39, 0.29) is 12.4 Å². The Kier molecular flexibility index (Phi) is 5.28. The number of aliphatic hydroxyl groups is 1. The SMILES string of the molecule is CCCc1ccc(C(O)COc2cc(F)ccc2F)cc1. The van der Waals surface area contributed by atoms with Crippen LogP contribution >= 0.6 is 0 Å². The number of aliphatic hydroxyl groups excluding tert-OH is 1. The van der Waals surface area contributed by atoms with Crippen molar-refractivity contribution in [1.29, 1.82) is 0 Å². The van der Waals surface area contributed by atoms with Gasteiger partial charge in [0.2, 0.25) is 0 Å². The van der Waals surface area contributed by atoms with Crippen molar-refractivity contribution in [1.82, 2.24) is 0 Å². The lowest BCUT2D eigenvalue weighted by atomic mass is 10.0. The molecular formula is C17H18F2O2. The molecule has 2 aromatic rings. The summed E-state index contributed by atoms with van der Waals surface area (Å²) in [5.74, 6) is -1.43. The van der Waals surface area contributed by atoms with Crippen molar-refractivity contribution in [2.75, 3.05) is 6.61 Å². The standard InChI is InChI=1S/C17H18F2O2/c1-2-3-12-4-6-13(7-5-12)16(20)11-21-17-10-14(18)8-9-15(17)19/h4-10,16,20H,2-3,11H2,1H3. The summed E-state index contributed by atoms with van der Waals surface area (Å²) >= 11 is 0. The summed E-state index contributed by atoms with van der Waals surface area (Å²) in [6, 6.07) is 10.5. The number of aryl methyl sites for hydroxylation is 1. The minimum absolute atomic E-state index is 0.131. The van der Waals surface area contributed by atoms with Gasteiger partial charge in [-0.2, -0.15) is 0 Å². The zero-order chi connectivity index (χ0) is 15.2. The number of benzene rings is 2. The zero-order valence-corrected chi connectivity index (χ0v) is 11.9. The van der Waals surface area contributed by atoms with Gasteiger partial charge < -0.3 is 9.84 Å². The van der Waals surface area contributed by atoms with E-state index >= 15 is 0 Å². The third kappa shape index (κ3) is 4.26. The maximum absolute atomic E-state index is 13.4. The van der Waals surface area contributed by atoms with Crippen molar-refractivity contribution < 1.29 is 18.6 Å². The second kappa shape index (κ2) is 7.18. The van der Waals surface area contributed by atoms with Crippen LogP contribution in [-0.2, 0) is 6.42 Å². The summed E-state index contributed by atoms with van der Waals surface area (Å²) in [6.07, 6.45) is 1.16. The number of rotatable bonds is 6. The molecule has 1 unspecified atom stereocenters. The molecule has 0 aliphatic carbocycles. The van der Waals surface area contributed by atoms with Crippen molar-refractivity contribution >= 4 is 0 Å². The van der Waals surface area contributed by atoms with Gasteiger partial charge in [-0.25, -0.2) is 8.78 Å². The Bertz CT molecular complexity index is 582. The molecule has 21 heavy (non-hydrogen) atoms. The molecular weight excluding hydrogens is 274 g/mol. The lowest BCUT2D eigenvalue weighted by Gasteiger charge is -2.13. The molecule has 0 fully saturated rings. The topological polar surface area (TPSA) is 29.5 Å². The molecule has 0 aliphatic heterocycles. The van der Waals surface area contributed by atoms with Crippen LogP contribution < -0.4 is 4.74 Å². The highest BCUT2D eigenvalue weighted by Crippen LogP contribution is 2.21. The summed E-state index contributed by atoms with van der Waals surface area (Å²) in [7, 11) is 0. The Balaban J connectivity index is 1.97. The fourth-order valence-electron chi connectivity index (χ4n) is 2.05. The summed E-state index contributed by atoms with van der Waals surface area (Å²) < 4.78 is 31.5. The van der Waals surface area contributed by atoms with Crippen LogP contribution in [0.15, 0.2) is 42.5 Å². The second-order valence-corrected chi connectivity index (χ2v) is 4.89. The Morgan fingerprint density at radius 2 is 1.81 bits per heavy atom. The minimum atomic E-state index is -0.886. The molecule has 0 saturated carbocycles. The van der Waals surface area contributed by atoms with Crippen molar-refractivity contribution in [3.05, 3.63) is 65.2 Å². The van der Waals surface area contributed by atoms with Crippen molar-refractivity contribution in [2.24, 2.45) is 0 Å². The van der Waals surface area contributed by atoms with E-state index in [0.29, 0.717) is 5.56 Å². The minimum Gasteiger partial charge on any atom is -0.487 e. The van der Waals surface area contributed by atoms with Crippen LogP contribution in [0, 0.1) is 11.6 Å². The Morgan fingerprint density at radius 3 is 2.48 bits per heavy atom. The molecule has 2 aromatic carbocycles. The first-order valence-corrected chi connectivity index (χ1v) is 6.95. The normalized spacial score (nSPS) is 12.2. The molecule has 0 bridgehead atoms. The van der Waals surface area contributed by atoms with Gasteiger partial charge in [-0.15, -0.1) is 0 Å². The Morgan fingerprint density at radius 1 is 1.10 bits per heavy atom. The second-order valence-electron chi connectivity index (χ2n) is 4.89.